The predicted octanol–water partition coefficient (Wildman–Crippen LogP) is -0.0498. The second-order valence-corrected chi connectivity index (χ2v) is 5.21. The zero-order chi connectivity index (χ0) is 15.1. The lowest BCUT2D eigenvalue weighted by atomic mass is 10.2. The Morgan fingerprint density at radius 1 is 1.50 bits per heavy atom. The lowest BCUT2D eigenvalue weighted by Gasteiger charge is -2.08. The van der Waals surface area contributed by atoms with Gasteiger partial charge in [0, 0.05) is 37.0 Å². The van der Waals surface area contributed by atoms with Crippen LogP contribution in [0.1, 0.15) is 25.0 Å². The van der Waals surface area contributed by atoms with Gasteiger partial charge in [0.25, 0.3) is 0 Å². The number of amides is 1. The van der Waals surface area contributed by atoms with E-state index in [1.165, 1.54) is 0 Å². The smallest absolute Gasteiger partial charge is 0.332 e. The molecule has 7 nitrogen and oxygen atoms in total. The van der Waals surface area contributed by atoms with Crippen molar-refractivity contribution in [1.29, 1.82) is 0 Å². The Balaban J connectivity index is 2.21. The lowest BCUT2D eigenvalue weighted by molar-refractivity contribution is -0.147. The lowest BCUT2D eigenvalue weighted by Crippen LogP contribution is -2.30. The number of aliphatic carboxylic acids is 1. The molecule has 3 N–H and O–H groups in total. The molecule has 1 atom stereocenters. The number of thiazole rings is 1. The second-order valence-electron chi connectivity index (χ2n) is 4.39. The van der Waals surface area contributed by atoms with Crippen molar-refractivity contribution in [2.75, 3.05) is 6.54 Å². The largest absolute Gasteiger partial charge is 0.479 e. The summed E-state index contributed by atoms with van der Waals surface area (Å²) in [6.45, 7) is 2.44. The predicted molar refractivity (Wildman–Crippen MR) is 73.8 cm³/mol. The van der Waals surface area contributed by atoms with Crippen molar-refractivity contribution in [3.05, 3.63) is 20.7 Å². The van der Waals surface area contributed by atoms with Gasteiger partial charge >= 0.3 is 10.8 Å². The molecule has 1 amide bonds. The number of carbonyl (C=O) groups excluding carboxylic acids is 1. The Morgan fingerprint density at radius 3 is 2.75 bits per heavy atom. The summed E-state index contributed by atoms with van der Waals surface area (Å²) in [6, 6.07) is 0. The van der Waals surface area contributed by atoms with E-state index in [4.69, 9.17) is 10.2 Å². The third-order valence-electron chi connectivity index (χ3n) is 2.79. The molecular weight excluding hydrogens is 284 g/mol. The van der Waals surface area contributed by atoms with Gasteiger partial charge in [0.05, 0.1) is 0 Å². The van der Waals surface area contributed by atoms with Crippen LogP contribution in [0.4, 0.5) is 0 Å². The van der Waals surface area contributed by atoms with Crippen LogP contribution >= 0.6 is 11.3 Å². The molecular formula is C12H18N2O5S. The molecule has 1 aromatic rings. The minimum atomic E-state index is -1.46. The molecule has 1 aromatic heterocycles. The van der Waals surface area contributed by atoms with Crippen molar-refractivity contribution in [2.24, 2.45) is 0 Å². The molecule has 0 saturated carbocycles. The first-order valence-corrected chi connectivity index (χ1v) is 7.12. The molecule has 0 spiro atoms. The molecule has 0 aromatic carbocycles. The van der Waals surface area contributed by atoms with Gasteiger partial charge in [-0.05, 0) is 13.3 Å². The maximum Gasteiger partial charge on any atom is 0.332 e. The van der Waals surface area contributed by atoms with E-state index in [1.54, 1.807) is 9.95 Å². The molecule has 0 aliphatic carbocycles. The minimum absolute atomic E-state index is 0.0236. The maximum atomic E-state index is 11.5. The van der Waals surface area contributed by atoms with Crippen LogP contribution < -0.4 is 10.2 Å². The van der Waals surface area contributed by atoms with Gasteiger partial charge in [0.15, 0.2) is 6.10 Å². The van der Waals surface area contributed by atoms with Crippen LogP contribution in [-0.2, 0) is 16.1 Å². The van der Waals surface area contributed by atoms with Crippen LogP contribution in [0, 0.1) is 6.92 Å². The molecule has 0 fully saturated rings. The minimum Gasteiger partial charge on any atom is -0.479 e. The Morgan fingerprint density at radius 2 is 2.20 bits per heavy atom. The first-order chi connectivity index (χ1) is 9.41. The van der Waals surface area contributed by atoms with E-state index in [0.717, 1.165) is 17.0 Å². The summed E-state index contributed by atoms with van der Waals surface area (Å²) in [6.07, 6.45) is -0.692. The van der Waals surface area contributed by atoms with Crippen molar-refractivity contribution in [3.63, 3.8) is 0 Å². The number of carbonyl (C=O) groups is 2. The standard InChI is InChI=1S/C12H18N2O5S/c1-8-7-20-12(19)14(8)6-2-3-10(16)13-5-4-9(15)11(17)18/h7,9,15H,2-6H2,1H3,(H,13,16)(H,17,18). The fourth-order valence-corrected chi connectivity index (χ4v) is 2.39. The fraction of sp³-hybridized carbons (Fsp3) is 0.583. The number of carboxylic acids is 1. The summed E-state index contributed by atoms with van der Waals surface area (Å²) in [5.74, 6) is -1.52. The molecule has 1 rings (SSSR count). The molecule has 0 saturated heterocycles. The van der Waals surface area contributed by atoms with Crippen LogP contribution in [0.5, 0.6) is 0 Å². The molecule has 20 heavy (non-hydrogen) atoms. The van der Waals surface area contributed by atoms with E-state index in [1.807, 2.05) is 6.92 Å². The van der Waals surface area contributed by atoms with Crippen molar-refractivity contribution < 1.29 is 19.8 Å². The van der Waals surface area contributed by atoms with E-state index in [0.29, 0.717) is 13.0 Å². The summed E-state index contributed by atoms with van der Waals surface area (Å²) < 4.78 is 1.62. The quantitative estimate of drug-likeness (QED) is 0.624. The van der Waals surface area contributed by atoms with Crippen LogP contribution in [0.25, 0.3) is 0 Å². The maximum absolute atomic E-state index is 11.5. The number of carboxylic acid groups (broad SMARTS) is 1. The number of aromatic nitrogens is 1. The van der Waals surface area contributed by atoms with Gasteiger partial charge in [-0.15, -0.1) is 0 Å². The SMILES string of the molecule is Cc1csc(=O)n1CCCC(=O)NCCC(O)C(=O)O. The zero-order valence-electron chi connectivity index (χ0n) is 11.2. The molecule has 112 valence electrons. The van der Waals surface area contributed by atoms with Gasteiger partial charge in [-0.2, -0.15) is 0 Å². The number of hydrogen-bond acceptors (Lipinski definition) is 5. The molecule has 1 unspecified atom stereocenters. The van der Waals surface area contributed by atoms with Crippen molar-refractivity contribution in [3.8, 4) is 0 Å². The van der Waals surface area contributed by atoms with E-state index in [2.05, 4.69) is 5.32 Å². The topological polar surface area (TPSA) is 109 Å². The number of nitrogens with one attached hydrogen (secondary N) is 1. The first-order valence-electron chi connectivity index (χ1n) is 6.24. The summed E-state index contributed by atoms with van der Waals surface area (Å²) in [5, 5.41) is 21.8. The van der Waals surface area contributed by atoms with Gasteiger partial charge < -0.3 is 20.1 Å². The summed E-state index contributed by atoms with van der Waals surface area (Å²) >= 11 is 1.13. The number of aryl methyl sites for hydroxylation is 1. The van der Waals surface area contributed by atoms with Crippen LogP contribution in [0.2, 0.25) is 0 Å². The molecule has 0 aliphatic heterocycles. The van der Waals surface area contributed by atoms with Gasteiger partial charge in [-0.3, -0.25) is 9.59 Å². The van der Waals surface area contributed by atoms with E-state index in [9.17, 15) is 14.4 Å². The van der Waals surface area contributed by atoms with Gasteiger partial charge in [-0.1, -0.05) is 11.3 Å². The highest BCUT2D eigenvalue weighted by Gasteiger charge is 2.12. The average molecular weight is 302 g/mol. The first kappa shape index (κ1) is 16.4. The molecule has 0 aliphatic rings. The van der Waals surface area contributed by atoms with Crippen LogP contribution in [0.15, 0.2) is 10.2 Å². The summed E-state index contributed by atoms with van der Waals surface area (Å²) in [5.41, 5.74) is 0.880. The van der Waals surface area contributed by atoms with Gasteiger partial charge in [0.1, 0.15) is 0 Å². The zero-order valence-corrected chi connectivity index (χ0v) is 12.0. The van der Waals surface area contributed by atoms with Crippen LogP contribution in [-0.4, -0.2) is 39.3 Å². The van der Waals surface area contributed by atoms with Gasteiger partial charge in [-0.25, -0.2) is 4.79 Å². The molecule has 0 radical (unpaired) electrons. The Hall–Kier alpha value is -1.67. The third kappa shape index (κ3) is 5.14. The number of hydrogen-bond donors (Lipinski definition) is 3. The normalized spacial score (nSPS) is 12.1. The second kappa shape index (κ2) is 7.81. The van der Waals surface area contributed by atoms with Crippen molar-refractivity contribution >= 4 is 23.2 Å². The number of aliphatic hydroxyl groups is 1. The summed E-state index contributed by atoms with van der Waals surface area (Å²) in [4.78, 5) is 33.2. The van der Waals surface area contributed by atoms with E-state index >= 15 is 0 Å². The fourth-order valence-electron chi connectivity index (χ4n) is 1.63. The monoisotopic (exact) mass is 302 g/mol. The van der Waals surface area contributed by atoms with Crippen molar-refractivity contribution in [2.45, 2.75) is 38.8 Å². The number of aliphatic hydroxyl groups excluding tert-OH is 1. The molecule has 1 heterocycles. The number of nitrogens with zero attached hydrogens (tertiary/aromatic N) is 1. The third-order valence-corrected chi connectivity index (χ3v) is 3.67. The van der Waals surface area contributed by atoms with Crippen molar-refractivity contribution in [1.82, 2.24) is 9.88 Å². The Bertz CT molecular complexity index is 522. The van der Waals surface area contributed by atoms with E-state index in [-0.39, 0.29) is 30.2 Å². The Kier molecular flexibility index (Phi) is 6.40. The highest BCUT2D eigenvalue weighted by Crippen LogP contribution is 2.02. The Labute approximate surface area is 119 Å². The summed E-state index contributed by atoms with van der Waals surface area (Å²) in [7, 11) is 0. The highest BCUT2D eigenvalue weighted by atomic mass is 32.1. The average Bonchev–Trinajstić information content (AvgIpc) is 2.70. The molecule has 8 heteroatoms. The van der Waals surface area contributed by atoms with Crippen LogP contribution in [0.3, 0.4) is 0 Å². The van der Waals surface area contributed by atoms with E-state index < -0.39 is 12.1 Å². The number of rotatable bonds is 8. The van der Waals surface area contributed by atoms with Gasteiger partial charge in [0.2, 0.25) is 5.91 Å². The highest BCUT2D eigenvalue weighted by molar-refractivity contribution is 7.07. The molecule has 0 bridgehead atoms.